The van der Waals surface area contributed by atoms with Crippen LogP contribution in [0.2, 0.25) is 0 Å². The van der Waals surface area contributed by atoms with E-state index < -0.39 is 17.7 Å². The Bertz CT molecular complexity index is 722. The minimum absolute atomic E-state index is 0.0896. The van der Waals surface area contributed by atoms with Crippen molar-refractivity contribution in [3.8, 4) is 0 Å². The number of carbonyl (C=O) groups is 2. The fourth-order valence-corrected chi connectivity index (χ4v) is 1.63. The fraction of sp³-hybridized carbons (Fsp3) is 0.0714. The number of hydrogen-bond acceptors (Lipinski definition) is 3. The van der Waals surface area contributed by atoms with E-state index in [1.807, 2.05) is 0 Å². The molecular formula is C14H12FN3O3. The van der Waals surface area contributed by atoms with Gasteiger partial charge in [0.15, 0.2) is 5.82 Å². The van der Waals surface area contributed by atoms with Gasteiger partial charge in [-0.2, -0.15) is 5.10 Å². The van der Waals surface area contributed by atoms with E-state index in [0.29, 0.717) is 5.82 Å². The molecule has 0 bridgehead atoms. The van der Waals surface area contributed by atoms with Crippen LogP contribution in [-0.2, 0) is 11.8 Å². The highest BCUT2D eigenvalue weighted by Gasteiger charge is 2.10. The number of hydrogen-bond donors (Lipinski definition) is 2. The zero-order valence-electron chi connectivity index (χ0n) is 11.1. The van der Waals surface area contributed by atoms with Gasteiger partial charge >= 0.3 is 5.97 Å². The molecule has 0 unspecified atom stereocenters. The molecule has 6 nitrogen and oxygen atoms in total. The molecule has 0 aliphatic carbocycles. The summed E-state index contributed by atoms with van der Waals surface area (Å²) in [6, 6.07) is 5.39. The number of aliphatic carboxylic acids is 1. The molecule has 2 rings (SSSR count). The summed E-state index contributed by atoms with van der Waals surface area (Å²) in [4.78, 5) is 22.3. The van der Waals surface area contributed by atoms with Gasteiger partial charge in [-0.25, -0.2) is 9.18 Å². The van der Waals surface area contributed by atoms with Gasteiger partial charge < -0.3 is 10.4 Å². The molecule has 2 N–H and O–H groups in total. The zero-order valence-corrected chi connectivity index (χ0v) is 11.1. The van der Waals surface area contributed by atoms with Gasteiger partial charge in [-0.3, -0.25) is 9.48 Å². The number of nitrogens with one attached hydrogen (secondary N) is 1. The van der Waals surface area contributed by atoms with Crippen LogP contribution in [0.1, 0.15) is 15.9 Å². The summed E-state index contributed by atoms with van der Waals surface area (Å²) in [5.74, 6) is -1.99. The van der Waals surface area contributed by atoms with Gasteiger partial charge in [-0.05, 0) is 18.2 Å². The number of rotatable bonds is 4. The number of nitrogens with zero attached hydrogens (tertiary/aromatic N) is 2. The summed E-state index contributed by atoms with van der Waals surface area (Å²) < 4.78 is 15.3. The predicted octanol–water partition coefficient (Wildman–Crippen LogP) is 1.91. The molecule has 1 aromatic heterocycles. The Morgan fingerprint density at radius 1 is 1.38 bits per heavy atom. The Labute approximate surface area is 119 Å². The molecule has 2 aromatic rings. The number of aromatic nitrogens is 2. The molecule has 0 fully saturated rings. The number of anilines is 1. The molecule has 7 heteroatoms. The second-order valence-electron chi connectivity index (χ2n) is 4.24. The van der Waals surface area contributed by atoms with Gasteiger partial charge in [-0.1, -0.05) is 6.07 Å². The van der Waals surface area contributed by atoms with Crippen LogP contribution in [0.3, 0.4) is 0 Å². The zero-order chi connectivity index (χ0) is 15.4. The molecule has 0 aliphatic rings. The maximum Gasteiger partial charge on any atom is 0.328 e. The first-order valence-corrected chi connectivity index (χ1v) is 5.97. The van der Waals surface area contributed by atoms with E-state index >= 15 is 0 Å². The van der Waals surface area contributed by atoms with Crippen molar-refractivity contribution in [3.05, 3.63) is 53.5 Å². The maximum atomic E-state index is 13.8. The first-order valence-electron chi connectivity index (χ1n) is 5.97. The van der Waals surface area contributed by atoms with Crippen molar-refractivity contribution in [3.63, 3.8) is 0 Å². The molecule has 0 radical (unpaired) electrons. The molecular weight excluding hydrogens is 277 g/mol. The van der Waals surface area contributed by atoms with Crippen molar-refractivity contribution in [2.45, 2.75) is 0 Å². The average molecular weight is 289 g/mol. The van der Waals surface area contributed by atoms with Gasteiger partial charge in [0.1, 0.15) is 5.82 Å². The van der Waals surface area contributed by atoms with Crippen molar-refractivity contribution in [2.75, 3.05) is 5.32 Å². The highest BCUT2D eigenvalue weighted by molar-refractivity contribution is 6.03. The molecule has 108 valence electrons. The Hall–Kier alpha value is -2.96. The summed E-state index contributed by atoms with van der Waals surface area (Å²) in [5.41, 5.74) is 0.206. The Morgan fingerprint density at radius 2 is 2.14 bits per heavy atom. The van der Waals surface area contributed by atoms with Gasteiger partial charge in [0.2, 0.25) is 0 Å². The standard InChI is InChI=1S/C14H12FN3O3/c1-18-7-6-12(17-18)16-14(21)10-3-2-9(11(15)8-10)4-5-13(19)20/h2-8H,1H3,(H,19,20)(H,16,17,21). The average Bonchev–Trinajstić information content (AvgIpc) is 2.82. The highest BCUT2D eigenvalue weighted by atomic mass is 19.1. The van der Waals surface area contributed by atoms with Crippen molar-refractivity contribution in [1.29, 1.82) is 0 Å². The molecule has 21 heavy (non-hydrogen) atoms. The molecule has 1 amide bonds. The predicted molar refractivity (Wildman–Crippen MR) is 74.2 cm³/mol. The number of benzene rings is 1. The summed E-state index contributed by atoms with van der Waals surface area (Å²) >= 11 is 0. The van der Waals surface area contributed by atoms with Crippen molar-refractivity contribution in [1.82, 2.24) is 9.78 Å². The van der Waals surface area contributed by atoms with Crippen LogP contribution in [0, 0.1) is 5.82 Å². The van der Waals surface area contributed by atoms with Crippen molar-refractivity contribution < 1.29 is 19.1 Å². The summed E-state index contributed by atoms with van der Waals surface area (Å²) in [6.07, 6.45) is 3.61. The topological polar surface area (TPSA) is 84.2 Å². The van der Waals surface area contributed by atoms with Gasteiger partial charge in [0.05, 0.1) is 0 Å². The number of carboxylic acid groups (broad SMARTS) is 1. The van der Waals surface area contributed by atoms with Crippen LogP contribution >= 0.6 is 0 Å². The van der Waals surface area contributed by atoms with Crippen molar-refractivity contribution in [2.24, 2.45) is 7.05 Å². The monoisotopic (exact) mass is 289 g/mol. The van der Waals surface area contributed by atoms with E-state index in [0.717, 1.165) is 18.2 Å². The highest BCUT2D eigenvalue weighted by Crippen LogP contribution is 2.13. The third-order valence-electron chi connectivity index (χ3n) is 2.62. The lowest BCUT2D eigenvalue weighted by Crippen LogP contribution is -2.13. The Balaban J connectivity index is 2.15. The fourth-order valence-electron chi connectivity index (χ4n) is 1.63. The number of carboxylic acids is 1. The molecule has 0 saturated carbocycles. The van der Waals surface area contributed by atoms with Crippen LogP contribution in [0.15, 0.2) is 36.5 Å². The summed E-state index contributed by atoms with van der Waals surface area (Å²) in [5, 5.41) is 15.0. The van der Waals surface area contributed by atoms with Crippen LogP contribution < -0.4 is 5.32 Å². The van der Waals surface area contributed by atoms with E-state index in [2.05, 4.69) is 10.4 Å². The lowest BCUT2D eigenvalue weighted by Gasteiger charge is -2.03. The van der Waals surface area contributed by atoms with Gasteiger partial charge in [-0.15, -0.1) is 0 Å². The molecule has 1 heterocycles. The second-order valence-corrected chi connectivity index (χ2v) is 4.24. The Morgan fingerprint density at radius 3 is 2.71 bits per heavy atom. The summed E-state index contributed by atoms with van der Waals surface area (Å²) in [7, 11) is 1.71. The maximum absolute atomic E-state index is 13.8. The molecule has 0 atom stereocenters. The van der Waals surface area contributed by atoms with Crippen molar-refractivity contribution >= 4 is 23.8 Å². The van der Waals surface area contributed by atoms with Crippen LogP contribution in [0.25, 0.3) is 6.08 Å². The number of halogens is 1. The van der Waals surface area contributed by atoms with E-state index in [4.69, 9.17) is 5.11 Å². The third kappa shape index (κ3) is 3.75. The number of aryl methyl sites for hydroxylation is 1. The van der Waals surface area contributed by atoms with E-state index in [9.17, 15) is 14.0 Å². The van der Waals surface area contributed by atoms with E-state index in [1.54, 1.807) is 19.3 Å². The van der Waals surface area contributed by atoms with Gasteiger partial charge in [0, 0.05) is 36.5 Å². The van der Waals surface area contributed by atoms with E-state index in [-0.39, 0.29) is 11.1 Å². The quantitative estimate of drug-likeness (QED) is 0.842. The number of carbonyl (C=O) groups excluding carboxylic acids is 1. The second kappa shape index (κ2) is 6.00. The minimum Gasteiger partial charge on any atom is -0.478 e. The Kier molecular flexibility index (Phi) is 4.13. The summed E-state index contributed by atoms with van der Waals surface area (Å²) in [6.45, 7) is 0. The SMILES string of the molecule is Cn1ccc(NC(=O)c2ccc(C=CC(=O)O)c(F)c2)n1. The van der Waals surface area contributed by atoms with Gasteiger partial charge in [0.25, 0.3) is 5.91 Å². The van der Waals surface area contributed by atoms with Crippen LogP contribution in [0.4, 0.5) is 10.2 Å². The lowest BCUT2D eigenvalue weighted by molar-refractivity contribution is -0.131. The minimum atomic E-state index is -1.17. The largest absolute Gasteiger partial charge is 0.478 e. The molecule has 1 aromatic carbocycles. The first-order chi connectivity index (χ1) is 9.95. The molecule has 0 aliphatic heterocycles. The van der Waals surface area contributed by atoms with Crippen LogP contribution in [0.5, 0.6) is 0 Å². The molecule has 0 spiro atoms. The van der Waals surface area contributed by atoms with E-state index in [1.165, 1.54) is 16.8 Å². The third-order valence-corrected chi connectivity index (χ3v) is 2.62. The number of amides is 1. The van der Waals surface area contributed by atoms with Crippen LogP contribution in [-0.4, -0.2) is 26.8 Å². The first kappa shape index (κ1) is 14.4. The molecule has 0 saturated heterocycles. The normalized spacial score (nSPS) is 10.8. The lowest BCUT2D eigenvalue weighted by atomic mass is 10.1. The smallest absolute Gasteiger partial charge is 0.328 e.